The van der Waals surface area contributed by atoms with E-state index in [4.69, 9.17) is 4.42 Å². The summed E-state index contributed by atoms with van der Waals surface area (Å²) in [5.41, 5.74) is 1.21. The third-order valence-electron chi connectivity index (χ3n) is 5.66. The summed E-state index contributed by atoms with van der Waals surface area (Å²) in [6.07, 6.45) is 5.80. The molecule has 1 aliphatic carbocycles. The van der Waals surface area contributed by atoms with Crippen molar-refractivity contribution in [2.45, 2.75) is 18.9 Å². The van der Waals surface area contributed by atoms with Gasteiger partial charge in [-0.1, -0.05) is 0 Å². The third-order valence-corrected chi connectivity index (χ3v) is 5.66. The van der Waals surface area contributed by atoms with E-state index in [1.54, 1.807) is 12.5 Å². The summed E-state index contributed by atoms with van der Waals surface area (Å²) in [7, 11) is 0. The zero-order valence-electron chi connectivity index (χ0n) is 12.4. The largest absolute Gasteiger partial charge is 0.463 e. The highest BCUT2D eigenvalue weighted by molar-refractivity contribution is 5.95. The van der Waals surface area contributed by atoms with Crippen LogP contribution in [0.15, 0.2) is 29.0 Å². The first-order valence-corrected chi connectivity index (χ1v) is 8.13. The molecular weight excluding hydrogens is 278 g/mol. The van der Waals surface area contributed by atoms with Crippen LogP contribution in [0.5, 0.6) is 0 Å². The lowest BCUT2D eigenvalue weighted by atomic mass is 9.65. The monoisotopic (exact) mass is 297 g/mol. The second-order valence-corrected chi connectivity index (χ2v) is 7.10. The number of pyridine rings is 1. The van der Waals surface area contributed by atoms with E-state index in [1.807, 2.05) is 12.1 Å². The molecule has 0 spiro atoms. The first kappa shape index (κ1) is 12.6. The minimum atomic E-state index is -0.0458. The first-order valence-electron chi connectivity index (χ1n) is 8.13. The van der Waals surface area contributed by atoms with Gasteiger partial charge < -0.3 is 14.6 Å². The van der Waals surface area contributed by atoms with Crippen molar-refractivity contribution < 1.29 is 9.21 Å². The van der Waals surface area contributed by atoms with Crippen molar-refractivity contribution in [1.82, 2.24) is 15.2 Å². The molecule has 0 radical (unpaired) electrons. The molecule has 6 rings (SSSR count). The Morgan fingerprint density at radius 2 is 2.09 bits per heavy atom. The third kappa shape index (κ3) is 1.88. The number of nitrogens with zero attached hydrogens (tertiary/aromatic N) is 2. The summed E-state index contributed by atoms with van der Waals surface area (Å²) in [5.74, 6) is 2.04. The molecule has 4 aliphatic rings. The van der Waals surface area contributed by atoms with Crippen molar-refractivity contribution in [3.05, 3.63) is 30.3 Å². The van der Waals surface area contributed by atoms with E-state index in [1.165, 1.54) is 19.4 Å². The highest BCUT2D eigenvalue weighted by atomic mass is 16.3. The Bertz CT molecular complexity index is 710. The Kier molecular flexibility index (Phi) is 2.62. The van der Waals surface area contributed by atoms with Gasteiger partial charge in [0.1, 0.15) is 5.69 Å². The van der Waals surface area contributed by atoms with Gasteiger partial charge in [-0.25, -0.2) is 4.98 Å². The predicted octanol–water partition coefficient (Wildman–Crippen LogP) is 1.90. The molecule has 1 amide bonds. The lowest BCUT2D eigenvalue weighted by molar-refractivity contribution is -0.0419. The number of carbonyl (C=O) groups is 1. The summed E-state index contributed by atoms with van der Waals surface area (Å²) in [6, 6.07) is 4.00. The summed E-state index contributed by atoms with van der Waals surface area (Å²) in [4.78, 5) is 19.4. The van der Waals surface area contributed by atoms with Gasteiger partial charge in [-0.05, 0) is 42.7 Å². The van der Waals surface area contributed by atoms with Crippen LogP contribution in [0.4, 0.5) is 0 Å². The molecule has 5 nitrogen and oxygen atoms in total. The van der Waals surface area contributed by atoms with Crippen LogP contribution in [0.3, 0.4) is 0 Å². The zero-order chi connectivity index (χ0) is 14.7. The molecule has 3 aliphatic heterocycles. The van der Waals surface area contributed by atoms with Crippen LogP contribution in [0.2, 0.25) is 0 Å². The van der Waals surface area contributed by atoms with Gasteiger partial charge in [0.05, 0.1) is 12.5 Å². The lowest BCUT2D eigenvalue weighted by Gasteiger charge is -2.55. The minimum Gasteiger partial charge on any atom is -0.463 e. The van der Waals surface area contributed by atoms with Crippen molar-refractivity contribution in [2.24, 2.45) is 17.8 Å². The maximum absolute atomic E-state index is 12.6. The van der Waals surface area contributed by atoms with E-state index < -0.39 is 0 Å². The van der Waals surface area contributed by atoms with Gasteiger partial charge in [0.15, 0.2) is 5.58 Å². The van der Waals surface area contributed by atoms with Crippen molar-refractivity contribution in [1.29, 1.82) is 0 Å². The molecule has 2 aromatic heterocycles. The van der Waals surface area contributed by atoms with E-state index in [0.29, 0.717) is 23.6 Å². The van der Waals surface area contributed by atoms with Crippen LogP contribution >= 0.6 is 0 Å². The number of piperidine rings is 3. The van der Waals surface area contributed by atoms with E-state index in [0.717, 1.165) is 30.0 Å². The summed E-state index contributed by atoms with van der Waals surface area (Å²) in [5, 5.41) is 4.20. The number of furan rings is 1. The molecule has 4 bridgehead atoms. The topological polar surface area (TPSA) is 58.4 Å². The molecule has 2 unspecified atom stereocenters. The number of hydrogen-bond acceptors (Lipinski definition) is 4. The van der Waals surface area contributed by atoms with Gasteiger partial charge in [0, 0.05) is 31.1 Å². The fraction of sp³-hybridized carbons (Fsp3) is 0.529. The molecule has 3 saturated heterocycles. The van der Waals surface area contributed by atoms with Crippen molar-refractivity contribution in [2.75, 3.05) is 19.6 Å². The number of hydrogen-bond donors (Lipinski definition) is 1. The normalized spacial score (nSPS) is 35.9. The summed E-state index contributed by atoms with van der Waals surface area (Å²) < 4.78 is 5.28. The number of fused-ring (bicyclic) bond motifs is 1. The highest BCUT2D eigenvalue weighted by Gasteiger charge is 2.47. The molecule has 5 heterocycles. The average molecular weight is 297 g/mol. The smallest absolute Gasteiger partial charge is 0.270 e. The number of nitrogens with one attached hydrogen (secondary N) is 1. The predicted molar refractivity (Wildman–Crippen MR) is 81.4 cm³/mol. The molecule has 1 saturated carbocycles. The Morgan fingerprint density at radius 1 is 1.27 bits per heavy atom. The maximum Gasteiger partial charge on any atom is 0.270 e. The average Bonchev–Trinajstić information content (AvgIpc) is 2.97. The van der Waals surface area contributed by atoms with Crippen LogP contribution in [0, 0.1) is 17.8 Å². The number of aromatic nitrogens is 1. The minimum absolute atomic E-state index is 0.0458. The second-order valence-electron chi connectivity index (χ2n) is 7.10. The lowest BCUT2D eigenvalue weighted by Crippen LogP contribution is -2.64. The maximum atomic E-state index is 12.6. The Hall–Kier alpha value is -1.88. The van der Waals surface area contributed by atoms with Gasteiger partial charge in [-0.15, -0.1) is 0 Å². The molecule has 22 heavy (non-hydrogen) atoms. The fourth-order valence-corrected chi connectivity index (χ4v) is 4.86. The quantitative estimate of drug-likeness (QED) is 0.920. The molecular formula is C17H19N3O2. The standard InChI is InChI=1S/C17H19N3O2/c21-17(14-5-11-1-2-22-15(11)6-18-14)19-16-12-3-10-4-13(16)9-20(7-10)8-12/h1-2,5-6,10,12-13,16H,3-4,7-9H2,(H,19,21). The van der Waals surface area contributed by atoms with Crippen LogP contribution < -0.4 is 5.32 Å². The molecule has 1 N–H and O–H groups in total. The van der Waals surface area contributed by atoms with Crippen molar-refractivity contribution >= 4 is 16.9 Å². The molecule has 2 atom stereocenters. The Morgan fingerprint density at radius 3 is 2.86 bits per heavy atom. The first-order chi connectivity index (χ1) is 10.8. The molecule has 4 fully saturated rings. The van der Waals surface area contributed by atoms with Crippen LogP contribution in [-0.2, 0) is 0 Å². The molecule has 114 valence electrons. The van der Waals surface area contributed by atoms with E-state index in [2.05, 4.69) is 15.2 Å². The van der Waals surface area contributed by atoms with Crippen LogP contribution in [-0.4, -0.2) is 41.5 Å². The zero-order valence-corrected chi connectivity index (χ0v) is 12.4. The molecule has 2 aromatic rings. The SMILES string of the molecule is O=C(NC1C2CC3CC1CN(C3)C2)c1cc2ccoc2cn1. The Labute approximate surface area is 128 Å². The number of rotatable bonds is 2. The van der Waals surface area contributed by atoms with Crippen LogP contribution in [0.25, 0.3) is 11.0 Å². The highest BCUT2D eigenvalue weighted by Crippen LogP contribution is 2.43. The van der Waals surface area contributed by atoms with Gasteiger partial charge in [-0.2, -0.15) is 0 Å². The number of amides is 1. The van der Waals surface area contributed by atoms with Gasteiger partial charge in [0.25, 0.3) is 5.91 Å². The van der Waals surface area contributed by atoms with E-state index in [-0.39, 0.29) is 5.91 Å². The van der Waals surface area contributed by atoms with E-state index >= 15 is 0 Å². The molecule has 5 heteroatoms. The fourth-order valence-electron chi connectivity index (χ4n) is 4.86. The van der Waals surface area contributed by atoms with Crippen LogP contribution in [0.1, 0.15) is 23.3 Å². The van der Waals surface area contributed by atoms with Gasteiger partial charge >= 0.3 is 0 Å². The second kappa shape index (κ2) is 4.56. The van der Waals surface area contributed by atoms with E-state index in [9.17, 15) is 4.79 Å². The molecule has 0 aromatic carbocycles. The van der Waals surface area contributed by atoms with Crippen molar-refractivity contribution in [3.8, 4) is 0 Å². The van der Waals surface area contributed by atoms with Gasteiger partial charge in [0.2, 0.25) is 0 Å². The summed E-state index contributed by atoms with van der Waals surface area (Å²) in [6.45, 7) is 3.56. The summed E-state index contributed by atoms with van der Waals surface area (Å²) >= 11 is 0. The Balaban J connectivity index is 1.38. The van der Waals surface area contributed by atoms with Gasteiger partial charge in [-0.3, -0.25) is 4.79 Å². The van der Waals surface area contributed by atoms with Crippen molar-refractivity contribution in [3.63, 3.8) is 0 Å². The number of carbonyl (C=O) groups excluding carboxylic acids is 1.